The maximum Gasteiger partial charge on any atom is 0 e. The summed E-state index contributed by atoms with van der Waals surface area (Å²) in [5.74, 6) is 0. The first-order valence-electron chi connectivity index (χ1n) is 0.730. The van der Waals surface area contributed by atoms with Crippen LogP contribution < -0.4 is 33.1 Å². The van der Waals surface area contributed by atoms with Crippen LogP contribution >= 0.6 is 7.82 Å². The molecule has 0 aliphatic carbocycles. The Balaban J connectivity index is -0.0000000133. The number of quaternary nitrogens is 3. The zero-order valence-corrected chi connectivity index (χ0v) is 7.71. The molecule has 59 valence electrons. The van der Waals surface area contributed by atoms with Gasteiger partial charge in [-0.3, -0.25) is 0 Å². The lowest BCUT2D eigenvalue weighted by molar-refractivity contribution is -0.432. The molecule has 0 heterocycles. The molecule has 9 heteroatoms. The van der Waals surface area contributed by atoms with Crippen molar-refractivity contribution in [2.75, 3.05) is 0 Å². The van der Waals surface area contributed by atoms with Crippen molar-refractivity contribution in [2.45, 2.75) is 0 Å². The van der Waals surface area contributed by atoms with Crippen LogP contribution in [0.15, 0.2) is 0 Å². The van der Waals surface area contributed by atoms with Crippen molar-refractivity contribution in [2.24, 2.45) is 0 Å². The Labute approximate surface area is 63.6 Å². The topological polar surface area (TPSA) is 196 Å². The lowest BCUT2D eigenvalue weighted by atomic mass is 14.0. The van der Waals surface area contributed by atoms with Gasteiger partial charge in [0.25, 0.3) is 0 Å². The standard InChI is InChI=1S/Al.3H3N.H3O4P/c;;;;1-5(2,3)4/h;3*1H3;(H3,1,2,3,4). The lowest BCUT2D eigenvalue weighted by Crippen LogP contribution is -2.24. The van der Waals surface area contributed by atoms with Crippen molar-refractivity contribution in [1.29, 1.82) is 0 Å². The number of hydrogen-bond donors (Lipinski definition) is 3. The molecule has 0 aliphatic heterocycles. The summed E-state index contributed by atoms with van der Waals surface area (Å²) in [6.07, 6.45) is 0. The minimum absolute atomic E-state index is 0. The monoisotopic (exact) mass is 176 g/mol. The molecular formula is H12AlN3O4P. The normalized spacial score (nSPS) is 6.56. The number of rotatable bonds is 0. The van der Waals surface area contributed by atoms with E-state index in [9.17, 15) is 0 Å². The van der Waals surface area contributed by atoms with E-state index in [1.165, 1.54) is 0 Å². The summed E-state index contributed by atoms with van der Waals surface area (Å²) in [6, 6.07) is 0. The zero-order valence-electron chi connectivity index (χ0n) is 5.66. The van der Waals surface area contributed by atoms with Crippen LogP contribution in [-0.4, -0.2) is 17.4 Å². The van der Waals surface area contributed by atoms with Gasteiger partial charge >= 0.3 is 0 Å². The molecule has 12 N–H and O–H groups in total. The van der Waals surface area contributed by atoms with E-state index < -0.39 is 7.82 Å². The summed E-state index contributed by atoms with van der Waals surface area (Å²) < 4.78 is 8.55. The van der Waals surface area contributed by atoms with E-state index in [1.807, 2.05) is 0 Å². The van der Waals surface area contributed by atoms with Crippen LogP contribution in [-0.2, 0) is 4.57 Å². The zero-order chi connectivity index (χ0) is 4.50. The highest BCUT2D eigenvalue weighted by atomic mass is 31.2. The molecule has 0 bridgehead atoms. The molecule has 0 fully saturated rings. The first-order chi connectivity index (χ1) is 2.00. The van der Waals surface area contributed by atoms with Gasteiger partial charge in [0, 0.05) is 17.4 Å². The Morgan fingerprint density at radius 1 is 0.889 bits per heavy atom. The van der Waals surface area contributed by atoms with Gasteiger partial charge in [-0.15, -0.1) is 0 Å². The van der Waals surface area contributed by atoms with Crippen molar-refractivity contribution < 1.29 is 19.2 Å². The fraction of sp³-hybridized carbons (Fsp3) is 0. The Morgan fingerprint density at radius 2 is 0.889 bits per heavy atom. The number of phosphoric acid groups is 1. The van der Waals surface area contributed by atoms with Crippen LogP contribution in [0.5, 0.6) is 0 Å². The molecule has 0 amide bonds. The third-order valence-corrected chi connectivity index (χ3v) is 0. The maximum atomic E-state index is 8.55. The average molecular weight is 176 g/mol. The molecule has 0 spiro atoms. The van der Waals surface area contributed by atoms with Crippen molar-refractivity contribution in [1.82, 2.24) is 18.5 Å². The van der Waals surface area contributed by atoms with Gasteiger partial charge in [-0.2, -0.15) is 7.82 Å². The van der Waals surface area contributed by atoms with Crippen molar-refractivity contribution in [3.8, 4) is 0 Å². The van der Waals surface area contributed by atoms with Gasteiger partial charge < -0.3 is 37.7 Å². The van der Waals surface area contributed by atoms with Crippen LogP contribution in [0, 0.1) is 0 Å². The summed E-state index contributed by atoms with van der Waals surface area (Å²) in [7, 11) is -5.39. The predicted octanol–water partition coefficient (Wildman–Crippen LogP) is -2.08. The smallest absolute Gasteiger partial charge is 0 e. The minimum atomic E-state index is -5.39. The molecule has 0 aromatic rings. The van der Waals surface area contributed by atoms with E-state index in [2.05, 4.69) is 0 Å². The second-order valence-electron chi connectivity index (χ2n) is 0.447. The van der Waals surface area contributed by atoms with Crippen molar-refractivity contribution >= 4 is 25.2 Å². The fourth-order valence-corrected chi connectivity index (χ4v) is 0. The van der Waals surface area contributed by atoms with Gasteiger partial charge in [-0.1, -0.05) is 0 Å². The molecule has 0 saturated carbocycles. The SMILES string of the molecule is O=P([O-])([O-])[O-].[Al].[NH4+].[NH4+].[NH4+]. The van der Waals surface area contributed by atoms with Gasteiger partial charge in [0.05, 0.1) is 0 Å². The third kappa shape index (κ3) is 1330. The lowest BCUT2D eigenvalue weighted by Gasteiger charge is -2.36. The van der Waals surface area contributed by atoms with Crippen LogP contribution in [0.25, 0.3) is 0 Å². The Kier molecular flexibility index (Phi) is 42.6. The second kappa shape index (κ2) is 11.3. The Bertz CT molecular complexity index is 61.9. The van der Waals surface area contributed by atoms with Gasteiger partial charge in [-0.25, -0.2) is 0 Å². The van der Waals surface area contributed by atoms with Crippen LogP contribution in [0.2, 0.25) is 0 Å². The first-order valence-corrected chi connectivity index (χ1v) is 2.19. The van der Waals surface area contributed by atoms with E-state index in [0.717, 1.165) is 0 Å². The second-order valence-corrected chi connectivity index (χ2v) is 1.34. The predicted molar refractivity (Wildman–Crippen MR) is 31.3 cm³/mol. The third-order valence-electron chi connectivity index (χ3n) is 0. The Morgan fingerprint density at radius 3 is 0.889 bits per heavy atom. The summed E-state index contributed by atoms with van der Waals surface area (Å²) in [5.41, 5.74) is 0. The molecule has 3 radical (unpaired) electrons. The van der Waals surface area contributed by atoms with Crippen molar-refractivity contribution in [3.63, 3.8) is 0 Å². The van der Waals surface area contributed by atoms with E-state index in [0.29, 0.717) is 0 Å². The first kappa shape index (κ1) is 33.8. The molecular weight excluding hydrogens is 164 g/mol. The van der Waals surface area contributed by atoms with Gasteiger partial charge in [0.1, 0.15) is 0 Å². The Hall–Kier alpha value is 0.522. The molecule has 0 aromatic heterocycles. The molecule has 0 aromatic carbocycles. The summed E-state index contributed by atoms with van der Waals surface area (Å²) in [5, 5.41) is 0. The molecule has 9 heavy (non-hydrogen) atoms. The summed E-state index contributed by atoms with van der Waals surface area (Å²) in [6.45, 7) is 0. The van der Waals surface area contributed by atoms with Gasteiger partial charge in [-0.05, 0) is 0 Å². The molecule has 0 rings (SSSR count). The molecule has 0 unspecified atom stereocenters. The van der Waals surface area contributed by atoms with Crippen molar-refractivity contribution in [3.05, 3.63) is 0 Å². The van der Waals surface area contributed by atoms with E-state index in [4.69, 9.17) is 19.2 Å². The van der Waals surface area contributed by atoms with Gasteiger partial charge in [0.15, 0.2) is 0 Å². The largest absolute Gasteiger partial charge is 0.822 e. The average Bonchev–Trinajstić information content (AvgIpc) is 0.722. The number of hydrogen-bond acceptors (Lipinski definition) is 4. The molecule has 0 aliphatic rings. The van der Waals surface area contributed by atoms with Crippen LogP contribution in [0.4, 0.5) is 0 Å². The quantitative estimate of drug-likeness (QED) is 0.281. The van der Waals surface area contributed by atoms with E-state index in [1.54, 1.807) is 0 Å². The van der Waals surface area contributed by atoms with Crippen LogP contribution in [0.3, 0.4) is 0 Å². The van der Waals surface area contributed by atoms with Gasteiger partial charge in [0.2, 0.25) is 0 Å². The minimum Gasteiger partial charge on any atom is -0.822 e. The maximum absolute atomic E-state index is 8.55. The highest BCUT2D eigenvalue weighted by Gasteiger charge is 1.44. The summed E-state index contributed by atoms with van der Waals surface area (Å²) >= 11 is 0. The fourth-order valence-electron chi connectivity index (χ4n) is 0. The molecule has 7 nitrogen and oxygen atoms in total. The highest BCUT2D eigenvalue weighted by Crippen LogP contribution is 2.03. The van der Waals surface area contributed by atoms with E-state index >= 15 is 0 Å². The molecule has 0 atom stereocenters. The van der Waals surface area contributed by atoms with E-state index in [-0.39, 0.29) is 35.8 Å². The highest BCUT2D eigenvalue weighted by molar-refractivity contribution is 7.40. The summed E-state index contributed by atoms with van der Waals surface area (Å²) in [4.78, 5) is 25.6. The van der Waals surface area contributed by atoms with Crippen LogP contribution in [0.1, 0.15) is 0 Å². The molecule has 0 saturated heterocycles.